The van der Waals surface area contributed by atoms with Gasteiger partial charge in [-0.2, -0.15) is 0 Å². The van der Waals surface area contributed by atoms with E-state index < -0.39 is 0 Å². The predicted molar refractivity (Wildman–Crippen MR) is 71.4 cm³/mol. The molecule has 0 aliphatic carbocycles. The van der Waals surface area contributed by atoms with Crippen LogP contribution < -0.4 is 5.32 Å². The van der Waals surface area contributed by atoms with E-state index >= 15 is 0 Å². The molecule has 104 valence electrons. The number of nitrogens with zero attached hydrogens (tertiary/aromatic N) is 1. The molecule has 2 aliphatic rings. The highest BCUT2D eigenvalue weighted by Crippen LogP contribution is 2.23. The first-order valence-corrected chi connectivity index (χ1v) is 7.36. The van der Waals surface area contributed by atoms with Crippen LogP contribution in [0.15, 0.2) is 0 Å². The van der Waals surface area contributed by atoms with E-state index in [0.717, 1.165) is 39.1 Å². The van der Waals surface area contributed by atoms with E-state index in [-0.39, 0.29) is 12.0 Å². The van der Waals surface area contributed by atoms with Gasteiger partial charge in [0.05, 0.1) is 12.0 Å². The molecule has 1 N–H and O–H groups in total. The lowest BCUT2D eigenvalue weighted by Gasteiger charge is -2.29. The molecule has 0 radical (unpaired) electrons. The lowest BCUT2D eigenvalue weighted by Crippen LogP contribution is -2.45. The second-order valence-electron chi connectivity index (χ2n) is 5.55. The second-order valence-corrected chi connectivity index (χ2v) is 5.55. The Kier molecular flexibility index (Phi) is 5.01. The first-order valence-electron chi connectivity index (χ1n) is 7.36. The zero-order valence-electron chi connectivity index (χ0n) is 11.7. The summed E-state index contributed by atoms with van der Waals surface area (Å²) in [4.78, 5) is 14.6. The lowest BCUT2D eigenvalue weighted by atomic mass is 10.0. The van der Waals surface area contributed by atoms with Crippen molar-refractivity contribution in [2.45, 2.75) is 51.7 Å². The van der Waals surface area contributed by atoms with Gasteiger partial charge >= 0.3 is 0 Å². The highest BCUT2D eigenvalue weighted by Gasteiger charge is 2.34. The first kappa shape index (κ1) is 13.8. The molecular formula is C14H26N2O2. The molecule has 0 aromatic heterocycles. The smallest absolute Gasteiger partial charge is 0.228 e. The van der Waals surface area contributed by atoms with Gasteiger partial charge in [0, 0.05) is 25.7 Å². The molecular weight excluding hydrogens is 228 g/mol. The second kappa shape index (κ2) is 6.53. The maximum absolute atomic E-state index is 12.6. The van der Waals surface area contributed by atoms with Crippen molar-refractivity contribution in [3.05, 3.63) is 0 Å². The van der Waals surface area contributed by atoms with Gasteiger partial charge in [-0.15, -0.1) is 0 Å². The summed E-state index contributed by atoms with van der Waals surface area (Å²) in [5.41, 5.74) is 0. The fraction of sp³-hybridized carbons (Fsp3) is 0.929. The molecule has 0 bridgehead atoms. The van der Waals surface area contributed by atoms with Crippen LogP contribution in [0.5, 0.6) is 0 Å². The number of amides is 1. The Hall–Kier alpha value is -0.610. The Balaban J connectivity index is 1.92. The Bertz CT molecular complexity index is 277. The molecule has 2 saturated heterocycles. The van der Waals surface area contributed by atoms with Crippen molar-refractivity contribution in [2.24, 2.45) is 5.92 Å². The van der Waals surface area contributed by atoms with E-state index in [1.807, 2.05) is 6.92 Å². The molecule has 0 spiro atoms. The minimum atomic E-state index is 0.0814. The fourth-order valence-electron chi connectivity index (χ4n) is 3.03. The lowest BCUT2D eigenvalue weighted by molar-refractivity contribution is -0.137. The predicted octanol–water partition coefficient (Wildman–Crippen LogP) is 1.40. The van der Waals surface area contributed by atoms with Crippen molar-refractivity contribution >= 4 is 5.91 Å². The van der Waals surface area contributed by atoms with Crippen LogP contribution in [0.4, 0.5) is 0 Å². The molecule has 0 saturated carbocycles. The zero-order chi connectivity index (χ0) is 13.0. The largest absolute Gasteiger partial charge is 0.378 e. The third-order valence-electron chi connectivity index (χ3n) is 4.10. The maximum Gasteiger partial charge on any atom is 0.228 e. The van der Waals surface area contributed by atoms with Gasteiger partial charge in [-0.3, -0.25) is 4.79 Å². The van der Waals surface area contributed by atoms with Gasteiger partial charge in [0.25, 0.3) is 0 Å². The van der Waals surface area contributed by atoms with Crippen LogP contribution in [-0.2, 0) is 9.53 Å². The molecule has 2 fully saturated rings. The van der Waals surface area contributed by atoms with Crippen molar-refractivity contribution in [1.29, 1.82) is 0 Å². The van der Waals surface area contributed by atoms with Crippen LogP contribution in [0.2, 0.25) is 0 Å². The summed E-state index contributed by atoms with van der Waals surface area (Å²) in [5.74, 6) is 0.383. The summed E-state index contributed by atoms with van der Waals surface area (Å²) < 4.78 is 5.52. The molecule has 2 rings (SSSR count). The summed E-state index contributed by atoms with van der Waals surface area (Å²) in [7, 11) is 0. The number of carbonyl (C=O) groups excluding carboxylic acids is 1. The number of ether oxygens (including phenoxy) is 1. The minimum Gasteiger partial charge on any atom is -0.378 e. The fourth-order valence-corrected chi connectivity index (χ4v) is 3.03. The van der Waals surface area contributed by atoms with Gasteiger partial charge < -0.3 is 15.0 Å². The third kappa shape index (κ3) is 3.23. The van der Waals surface area contributed by atoms with E-state index in [0.29, 0.717) is 11.9 Å². The van der Waals surface area contributed by atoms with Crippen LogP contribution in [0, 0.1) is 5.92 Å². The number of nitrogens with one attached hydrogen (secondary N) is 1. The quantitative estimate of drug-likeness (QED) is 0.806. The average molecular weight is 254 g/mol. The number of carbonyl (C=O) groups is 1. The van der Waals surface area contributed by atoms with Crippen LogP contribution in [0.25, 0.3) is 0 Å². The van der Waals surface area contributed by atoms with Crippen LogP contribution in [0.3, 0.4) is 0 Å². The first-order chi connectivity index (χ1) is 8.72. The van der Waals surface area contributed by atoms with Crippen LogP contribution in [0.1, 0.15) is 39.5 Å². The number of hydrogen-bond acceptors (Lipinski definition) is 3. The third-order valence-corrected chi connectivity index (χ3v) is 4.10. The van der Waals surface area contributed by atoms with E-state index in [4.69, 9.17) is 4.74 Å². The SMILES string of the molecule is CCCN(CC1CCCN1)C(=O)C1CCOC1C. The van der Waals surface area contributed by atoms with Gasteiger partial charge in [-0.25, -0.2) is 0 Å². The molecule has 1 amide bonds. The summed E-state index contributed by atoms with van der Waals surface area (Å²) in [6.45, 7) is 7.74. The Labute approximate surface area is 110 Å². The summed E-state index contributed by atoms with van der Waals surface area (Å²) in [6.07, 6.45) is 4.44. The Morgan fingerprint density at radius 2 is 2.28 bits per heavy atom. The molecule has 2 heterocycles. The van der Waals surface area contributed by atoms with Gasteiger partial charge in [-0.05, 0) is 39.2 Å². The zero-order valence-corrected chi connectivity index (χ0v) is 11.7. The Morgan fingerprint density at radius 3 is 2.83 bits per heavy atom. The summed E-state index contributed by atoms with van der Waals surface area (Å²) in [6, 6.07) is 0.498. The molecule has 4 nitrogen and oxygen atoms in total. The van der Waals surface area contributed by atoms with E-state index in [2.05, 4.69) is 17.1 Å². The van der Waals surface area contributed by atoms with Crippen molar-refractivity contribution in [2.75, 3.05) is 26.2 Å². The molecule has 3 atom stereocenters. The van der Waals surface area contributed by atoms with Gasteiger partial charge in [0.15, 0.2) is 0 Å². The monoisotopic (exact) mass is 254 g/mol. The van der Waals surface area contributed by atoms with Crippen molar-refractivity contribution in [3.63, 3.8) is 0 Å². The molecule has 4 heteroatoms. The number of hydrogen-bond donors (Lipinski definition) is 1. The molecule has 3 unspecified atom stereocenters. The molecule has 0 aromatic carbocycles. The van der Waals surface area contributed by atoms with Crippen molar-refractivity contribution in [3.8, 4) is 0 Å². The van der Waals surface area contributed by atoms with Crippen LogP contribution >= 0.6 is 0 Å². The normalized spacial score (nSPS) is 31.8. The van der Waals surface area contributed by atoms with Crippen LogP contribution in [-0.4, -0.2) is 49.2 Å². The molecule has 0 aromatic rings. The van der Waals surface area contributed by atoms with Crippen molar-refractivity contribution in [1.82, 2.24) is 10.2 Å². The average Bonchev–Trinajstić information content (AvgIpc) is 2.99. The highest BCUT2D eigenvalue weighted by atomic mass is 16.5. The molecule has 18 heavy (non-hydrogen) atoms. The standard InChI is InChI=1S/C14H26N2O2/c1-3-8-16(10-12-5-4-7-15-12)14(17)13-6-9-18-11(13)2/h11-13,15H,3-10H2,1-2H3. The minimum absolute atomic E-state index is 0.0814. The van der Waals surface area contributed by atoms with E-state index in [1.165, 1.54) is 12.8 Å². The molecule has 2 aliphatic heterocycles. The van der Waals surface area contributed by atoms with Crippen molar-refractivity contribution < 1.29 is 9.53 Å². The summed E-state index contributed by atoms with van der Waals surface area (Å²) in [5, 5.41) is 3.48. The van der Waals surface area contributed by atoms with Gasteiger partial charge in [-0.1, -0.05) is 6.92 Å². The number of rotatable bonds is 5. The Morgan fingerprint density at radius 1 is 1.44 bits per heavy atom. The van der Waals surface area contributed by atoms with Gasteiger partial charge in [0.1, 0.15) is 0 Å². The van der Waals surface area contributed by atoms with Gasteiger partial charge in [0.2, 0.25) is 5.91 Å². The highest BCUT2D eigenvalue weighted by molar-refractivity contribution is 5.79. The topological polar surface area (TPSA) is 41.6 Å². The maximum atomic E-state index is 12.6. The van der Waals surface area contributed by atoms with E-state index in [1.54, 1.807) is 0 Å². The summed E-state index contributed by atoms with van der Waals surface area (Å²) >= 11 is 0. The van der Waals surface area contributed by atoms with E-state index in [9.17, 15) is 4.79 Å².